The number of aromatic nitrogens is 4. The highest BCUT2D eigenvalue weighted by Gasteiger charge is 2.28. The van der Waals surface area contributed by atoms with E-state index in [0.717, 1.165) is 27.6 Å². The minimum absolute atomic E-state index is 0.200. The predicted molar refractivity (Wildman–Crippen MR) is 158 cm³/mol. The number of rotatable bonds is 7. The van der Waals surface area contributed by atoms with Gasteiger partial charge in [-0.2, -0.15) is 5.10 Å². The molecule has 0 aliphatic carbocycles. The molecule has 11 heteroatoms. The van der Waals surface area contributed by atoms with Gasteiger partial charge in [0.25, 0.3) is 5.91 Å². The van der Waals surface area contributed by atoms with E-state index in [-0.39, 0.29) is 23.7 Å². The van der Waals surface area contributed by atoms with Gasteiger partial charge in [-0.05, 0) is 89.4 Å². The van der Waals surface area contributed by atoms with Crippen molar-refractivity contribution < 1.29 is 19.4 Å². The fourth-order valence-corrected chi connectivity index (χ4v) is 4.59. The Balaban J connectivity index is 1.51. The Kier molecular flexibility index (Phi) is 8.37. The summed E-state index contributed by atoms with van der Waals surface area (Å²) in [6, 6.07) is 9.39. The molecule has 0 atom stereocenters. The summed E-state index contributed by atoms with van der Waals surface area (Å²) in [6.07, 6.45) is 2.64. The molecule has 41 heavy (non-hydrogen) atoms. The summed E-state index contributed by atoms with van der Waals surface area (Å²) in [6.45, 7) is 12.8. The standard InChI is InChI=1S/C30H35ClN6O4/c1-17-10-25(35-28(39)41-29(3,4)5)34-18(2)22(17)14-33-27(38)23-16-37(36-26(23)30(6,7)40)15-19-8-9-24-20(11-19)12-21(31)13-32-24/h8-13,16,40H,14-15H2,1-7H3,(H,33,38)(H,34,35,39). The second-order valence-electron chi connectivity index (χ2n) is 11.5. The van der Waals surface area contributed by atoms with Crippen molar-refractivity contribution in [3.63, 3.8) is 0 Å². The fourth-order valence-electron chi connectivity index (χ4n) is 4.42. The molecule has 0 aliphatic heterocycles. The average molecular weight is 579 g/mol. The van der Waals surface area contributed by atoms with E-state index in [0.29, 0.717) is 23.1 Å². The maximum atomic E-state index is 13.3. The van der Waals surface area contributed by atoms with Crippen LogP contribution < -0.4 is 10.6 Å². The number of carbonyl (C=O) groups is 2. The molecule has 0 spiro atoms. The van der Waals surface area contributed by atoms with Gasteiger partial charge in [0.05, 0.1) is 22.6 Å². The number of amides is 2. The zero-order chi connectivity index (χ0) is 30.1. The Labute approximate surface area is 244 Å². The number of nitrogens with one attached hydrogen (secondary N) is 2. The molecule has 4 rings (SSSR count). The van der Waals surface area contributed by atoms with Crippen LogP contribution in [0.15, 0.2) is 42.7 Å². The van der Waals surface area contributed by atoms with Crippen molar-refractivity contribution >= 4 is 40.3 Å². The van der Waals surface area contributed by atoms with E-state index in [9.17, 15) is 14.7 Å². The quantitative estimate of drug-likeness (QED) is 0.258. The molecule has 0 aliphatic rings. The molecule has 0 bridgehead atoms. The number of benzene rings is 1. The fraction of sp³-hybridized carbons (Fsp3) is 0.367. The molecule has 0 saturated heterocycles. The topological polar surface area (TPSA) is 131 Å². The van der Waals surface area contributed by atoms with Crippen LogP contribution in [0.25, 0.3) is 10.9 Å². The first-order valence-electron chi connectivity index (χ1n) is 13.2. The largest absolute Gasteiger partial charge is 0.444 e. The molecule has 0 fully saturated rings. The number of fused-ring (bicyclic) bond motifs is 1. The van der Waals surface area contributed by atoms with Gasteiger partial charge in [0, 0.05) is 30.0 Å². The van der Waals surface area contributed by atoms with Crippen LogP contribution in [0.4, 0.5) is 10.6 Å². The van der Waals surface area contributed by atoms with Gasteiger partial charge < -0.3 is 15.2 Å². The summed E-state index contributed by atoms with van der Waals surface area (Å²) in [5.41, 5.74) is 2.64. The summed E-state index contributed by atoms with van der Waals surface area (Å²) in [5, 5.41) is 22.4. The summed E-state index contributed by atoms with van der Waals surface area (Å²) in [4.78, 5) is 34.3. The van der Waals surface area contributed by atoms with E-state index < -0.39 is 17.3 Å². The van der Waals surface area contributed by atoms with Gasteiger partial charge in [0.1, 0.15) is 22.7 Å². The molecule has 3 aromatic heterocycles. The van der Waals surface area contributed by atoms with Crippen molar-refractivity contribution in [3.8, 4) is 0 Å². The van der Waals surface area contributed by atoms with Gasteiger partial charge in [0.2, 0.25) is 0 Å². The van der Waals surface area contributed by atoms with Crippen LogP contribution in [0.5, 0.6) is 0 Å². The van der Waals surface area contributed by atoms with Gasteiger partial charge in [-0.15, -0.1) is 0 Å². The molecule has 216 valence electrons. The van der Waals surface area contributed by atoms with Gasteiger partial charge in [0.15, 0.2) is 0 Å². The number of carbonyl (C=O) groups excluding carboxylic acids is 2. The number of aryl methyl sites for hydroxylation is 2. The Bertz CT molecular complexity index is 1590. The maximum Gasteiger partial charge on any atom is 0.413 e. The van der Waals surface area contributed by atoms with Crippen LogP contribution in [0.1, 0.15) is 73.1 Å². The van der Waals surface area contributed by atoms with Gasteiger partial charge in [-0.25, -0.2) is 9.78 Å². The lowest BCUT2D eigenvalue weighted by Gasteiger charge is -2.20. The molecule has 0 unspecified atom stereocenters. The normalized spacial score (nSPS) is 11.9. The van der Waals surface area contributed by atoms with Gasteiger partial charge in [-0.1, -0.05) is 17.7 Å². The predicted octanol–water partition coefficient (Wildman–Crippen LogP) is 5.65. The molecule has 0 radical (unpaired) electrons. The van der Waals surface area contributed by atoms with Crippen molar-refractivity contribution in [2.75, 3.05) is 5.32 Å². The summed E-state index contributed by atoms with van der Waals surface area (Å²) in [5.74, 6) is -0.0145. The van der Waals surface area contributed by atoms with Crippen LogP contribution in [0.2, 0.25) is 5.02 Å². The molecular weight excluding hydrogens is 544 g/mol. The van der Waals surface area contributed by atoms with Crippen LogP contribution >= 0.6 is 11.6 Å². The second kappa shape index (κ2) is 11.5. The monoisotopic (exact) mass is 578 g/mol. The number of hydrogen-bond acceptors (Lipinski definition) is 7. The summed E-state index contributed by atoms with van der Waals surface area (Å²) < 4.78 is 6.93. The highest BCUT2D eigenvalue weighted by atomic mass is 35.5. The van der Waals surface area contributed by atoms with E-state index in [4.69, 9.17) is 16.3 Å². The molecule has 4 aromatic rings. The molecule has 2 amide bonds. The van der Waals surface area contributed by atoms with Gasteiger partial charge in [-0.3, -0.25) is 19.8 Å². The Morgan fingerprint density at radius 1 is 1.10 bits per heavy atom. The van der Waals surface area contributed by atoms with Crippen LogP contribution in [0.3, 0.4) is 0 Å². The third-order valence-corrected chi connectivity index (χ3v) is 6.46. The molecule has 1 aromatic carbocycles. The van der Waals surface area contributed by atoms with Crippen molar-refractivity contribution in [1.29, 1.82) is 0 Å². The van der Waals surface area contributed by atoms with Crippen LogP contribution in [-0.2, 0) is 23.4 Å². The third-order valence-electron chi connectivity index (χ3n) is 6.25. The van der Waals surface area contributed by atoms with E-state index in [1.54, 1.807) is 64.7 Å². The zero-order valence-corrected chi connectivity index (χ0v) is 25.1. The minimum Gasteiger partial charge on any atom is -0.444 e. The molecule has 0 saturated carbocycles. The number of nitrogens with zero attached hydrogens (tertiary/aromatic N) is 4. The maximum absolute atomic E-state index is 13.3. The van der Waals surface area contributed by atoms with Crippen molar-refractivity contribution in [2.45, 2.75) is 72.8 Å². The van der Waals surface area contributed by atoms with E-state index >= 15 is 0 Å². The molecule has 3 heterocycles. The molecular formula is C30H35ClN6O4. The van der Waals surface area contributed by atoms with Crippen LogP contribution in [-0.4, -0.2) is 42.5 Å². The average Bonchev–Trinajstić information content (AvgIpc) is 3.26. The van der Waals surface area contributed by atoms with Gasteiger partial charge >= 0.3 is 6.09 Å². The summed E-state index contributed by atoms with van der Waals surface area (Å²) in [7, 11) is 0. The number of hydrogen-bond donors (Lipinski definition) is 3. The van der Waals surface area contributed by atoms with Crippen molar-refractivity contribution in [3.05, 3.63) is 81.4 Å². The Hall–Kier alpha value is -4.02. The highest BCUT2D eigenvalue weighted by Crippen LogP contribution is 2.24. The van der Waals surface area contributed by atoms with Crippen molar-refractivity contribution in [1.82, 2.24) is 25.1 Å². The third kappa shape index (κ3) is 7.59. The van der Waals surface area contributed by atoms with E-state index in [2.05, 4.69) is 25.7 Å². The second-order valence-corrected chi connectivity index (χ2v) is 12.0. The molecule has 3 N–H and O–H groups in total. The highest BCUT2D eigenvalue weighted by molar-refractivity contribution is 6.31. The minimum atomic E-state index is -1.35. The number of halogens is 1. The first kappa shape index (κ1) is 30.0. The number of pyridine rings is 2. The number of aliphatic hydroxyl groups is 1. The lowest BCUT2D eigenvalue weighted by atomic mass is 10.0. The Morgan fingerprint density at radius 2 is 1.83 bits per heavy atom. The van der Waals surface area contributed by atoms with Crippen molar-refractivity contribution in [2.24, 2.45) is 0 Å². The number of anilines is 1. The van der Waals surface area contributed by atoms with E-state index in [1.165, 1.54) is 0 Å². The smallest absolute Gasteiger partial charge is 0.413 e. The SMILES string of the molecule is Cc1cc(NC(=O)OC(C)(C)C)nc(C)c1CNC(=O)c1cn(Cc2ccc3ncc(Cl)cc3c2)nc1C(C)(C)O. The van der Waals surface area contributed by atoms with Crippen LogP contribution in [0, 0.1) is 13.8 Å². The zero-order valence-electron chi connectivity index (χ0n) is 24.3. The van der Waals surface area contributed by atoms with E-state index in [1.807, 2.05) is 31.2 Å². The summed E-state index contributed by atoms with van der Waals surface area (Å²) >= 11 is 6.10. The Morgan fingerprint density at radius 3 is 2.49 bits per heavy atom. The number of ether oxygens (including phenoxy) is 1. The molecule has 10 nitrogen and oxygen atoms in total. The lowest BCUT2D eigenvalue weighted by molar-refractivity contribution is 0.0634. The lowest BCUT2D eigenvalue weighted by Crippen LogP contribution is -2.28. The first-order chi connectivity index (χ1) is 19.1. The first-order valence-corrected chi connectivity index (χ1v) is 13.6.